The van der Waals surface area contributed by atoms with E-state index in [1.54, 1.807) is 0 Å². The van der Waals surface area contributed by atoms with Crippen LogP contribution in [0.4, 0.5) is 0 Å². The van der Waals surface area contributed by atoms with E-state index < -0.39 is 10.1 Å². The van der Waals surface area contributed by atoms with Crippen LogP contribution in [0.3, 0.4) is 0 Å². The van der Waals surface area contributed by atoms with Crippen LogP contribution in [0.1, 0.15) is 104 Å². The van der Waals surface area contributed by atoms with Gasteiger partial charge in [0.25, 0.3) is 10.1 Å². The molecule has 3 nitrogen and oxygen atoms in total. The maximum Gasteiger partial charge on any atom is 1.00 e. The molecule has 0 bridgehead atoms. The van der Waals surface area contributed by atoms with Crippen LogP contribution in [-0.2, 0) is 23.6 Å². The Bertz CT molecular complexity index is 272. The van der Waals surface area contributed by atoms with Crippen molar-refractivity contribution in [2.45, 2.75) is 104 Å². The van der Waals surface area contributed by atoms with Gasteiger partial charge in [0.15, 0.2) is 0 Å². The molecule has 0 unspecified atom stereocenters. The van der Waals surface area contributed by atoms with Crippen LogP contribution in [0.5, 0.6) is 0 Å². The average Bonchev–Trinajstić information content (AvgIpc) is 2.45. The van der Waals surface area contributed by atoms with Gasteiger partial charge in [-0.1, -0.05) is 97.3 Å². The molecular weight excluding hydrogens is 339 g/mol. The predicted octanol–water partition coefficient (Wildman–Crippen LogP) is 2.73. The number of thiol groups is 1. The largest absolute Gasteiger partial charge is 1.00 e. The van der Waals surface area contributed by atoms with Crippen LogP contribution in [-0.4, -0.2) is 18.7 Å². The molecule has 0 saturated heterocycles. The third-order valence-corrected chi connectivity index (χ3v) is 4.30. The van der Waals surface area contributed by atoms with E-state index in [4.69, 9.17) is 4.55 Å². The third-order valence-electron chi connectivity index (χ3n) is 3.57. The number of rotatable bonds is 13. The molecule has 6 heteroatoms. The summed E-state index contributed by atoms with van der Waals surface area (Å²) in [6.07, 6.45) is 18.9. The van der Waals surface area contributed by atoms with Gasteiger partial charge < -0.3 is 13.5 Å². The Hall–Kier alpha value is 1.26. The first-order valence-electron chi connectivity index (χ1n) is 8.93. The molecule has 0 radical (unpaired) electrons. The Labute approximate surface area is 175 Å². The van der Waals surface area contributed by atoms with Crippen molar-refractivity contribution in [2.75, 3.05) is 5.75 Å². The summed E-state index contributed by atoms with van der Waals surface area (Å²) in [4.78, 5) is 0. The number of unbranched alkanes of at least 4 members (excludes halogenated alkanes) is 12. The SMILES string of the molecule is CCCCCCCCCCCCCCC.CCS(=O)(=O)O.[Na+].[SH-]. The first-order chi connectivity index (χ1) is 9.97. The molecule has 0 aromatic carbocycles. The fraction of sp³-hybridized carbons (Fsp3) is 1.00. The summed E-state index contributed by atoms with van der Waals surface area (Å²) < 4.78 is 26.9. The quantitative estimate of drug-likeness (QED) is 0.176. The van der Waals surface area contributed by atoms with E-state index in [9.17, 15) is 8.42 Å². The molecule has 0 aromatic heterocycles. The maximum absolute atomic E-state index is 9.56. The summed E-state index contributed by atoms with van der Waals surface area (Å²) in [5, 5.41) is 0. The van der Waals surface area contributed by atoms with Crippen molar-refractivity contribution in [1.29, 1.82) is 0 Å². The Morgan fingerprint density at radius 1 is 0.609 bits per heavy atom. The second kappa shape index (κ2) is 25.5. The molecule has 0 heterocycles. The zero-order valence-corrected chi connectivity index (χ0v) is 19.7. The van der Waals surface area contributed by atoms with E-state index in [0.717, 1.165) is 0 Å². The Kier molecular flexibility index (Phi) is 35.5. The van der Waals surface area contributed by atoms with Crippen LogP contribution in [0, 0.1) is 0 Å². The second-order valence-corrected chi connectivity index (χ2v) is 7.50. The summed E-state index contributed by atoms with van der Waals surface area (Å²) in [6.45, 7) is 5.95. The predicted molar refractivity (Wildman–Crippen MR) is 102 cm³/mol. The molecule has 0 amide bonds. The van der Waals surface area contributed by atoms with Gasteiger partial charge in [0, 0.05) is 0 Å². The molecule has 138 valence electrons. The minimum absolute atomic E-state index is 0. The van der Waals surface area contributed by atoms with Crippen molar-refractivity contribution in [3.05, 3.63) is 0 Å². The first-order valence-corrected chi connectivity index (χ1v) is 10.5. The minimum atomic E-state index is -3.66. The second-order valence-electron chi connectivity index (χ2n) is 5.76. The van der Waals surface area contributed by atoms with Crippen molar-refractivity contribution >= 4 is 23.6 Å². The van der Waals surface area contributed by atoms with Crippen LogP contribution in [0.25, 0.3) is 0 Å². The number of hydrogen-bond donors (Lipinski definition) is 1. The zero-order chi connectivity index (χ0) is 16.4. The molecule has 0 fully saturated rings. The molecule has 1 N–H and O–H groups in total. The smallest absolute Gasteiger partial charge is 0.813 e. The zero-order valence-electron chi connectivity index (χ0n) is 16.0. The maximum atomic E-state index is 9.56. The van der Waals surface area contributed by atoms with Gasteiger partial charge in [0.1, 0.15) is 0 Å². The fourth-order valence-corrected chi connectivity index (χ4v) is 2.09. The van der Waals surface area contributed by atoms with Crippen molar-refractivity contribution in [2.24, 2.45) is 0 Å². The van der Waals surface area contributed by atoms with E-state index in [0.29, 0.717) is 0 Å². The molecule has 0 aliphatic carbocycles. The van der Waals surface area contributed by atoms with Gasteiger partial charge in [-0.15, -0.1) is 0 Å². The summed E-state index contributed by atoms with van der Waals surface area (Å²) in [6, 6.07) is 0. The molecule has 0 spiro atoms. The van der Waals surface area contributed by atoms with Gasteiger partial charge in [-0.25, -0.2) is 0 Å². The average molecular weight is 379 g/mol. The van der Waals surface area contributed by atoms with Crippen LogP contribution >= 0.6 is 0 Å². The van der Waals surface area contributed by atoms with Gasteiger partial charge in [0.2, 0.25) is 0 Å². The Morgan fingerprint density at radius 2 is 0.783 bits per heavy atom. The monoisotopic (exact) mass is 378 g/mol. The van der Waals surface area contributed by atoms with Crippen LogP contribution in [0.15, 0.2) is 0 Å². The van der Waals surface area contributed by atoms with E-state index in [1.165, 1.54) is 90.4 Å². The van der Waals surface area contributed by atoms with Crippen molar-refractivity contribution in [3.63, 3.8) is 0 Å². The molecule has 0 aliphatic heterocycles. The molecule has 0 aromatic rings. The summed E-state index contributed by atoms with van der Waals surface area (Å²) >= 11 is 0. The minimum Gasteiger partial charge on any atom is -0.813 e. The molecular formula is C17H39NaO3S2. The van der Waals surface area contributed by atoms with E-state index in [-0.39, 0.29) is 48.8 Å². The summed E-state index contributed by atoms with van der Waals surface area (Å²) in [5.41, 5.74) is 0. The van der Waals surface area contributed by atoms with Gasteiger partial charge in [0.05, 0.1) is 5.75 Å². The van der Waals surface area contributed by atoms with E-state index in [1.807, 2.05) is 0 Å². The first kappa shape index (κ1) is 32.0. The van der Waals surface area contributed by atoms with Crippen molar-refractivity contribution in [1.82, 2.24) is 0 Å². The molecule has 23 heavy (non-hydrogen) atoms. The van der Waals surface area contributed by atoms with Gasteiger partial charge in [-0.2, -0.15) is 8.42 Å². The molecule has 0 rings (SSSR count). The van der Waals surface area contributed by atoms with Gasteiger partial charge >= 0.3 is 29.6 Å². The standard InChI is InChI=1S/C15H32.C2H6O3S.Na.H2S/c1-3-5-7-9-11-13-15-14-12-10-8-6-4-2;1-2-6(3,4)5;;/h3-15H2,1-2H3;2H2,1H3,(H,3,4,5);;1H2/q;;+1;/p-1. The molecule has 0 saturated carbocycles. The van der Waals surface area contributed by atoms with Gasteiger partial charge in [-0.05, 0) is 6.92 Å². The van der Waals surface area contributed by atoms with Crippen molar-refractivity contribution in [3.8, 4) is 0 Å². The van der Waals surface area contributed by atoms with Gasteiger partial charge in [-0.3, -0.25) is 4.55 Å². The Balaban J connectivity index is -0.000000194. The number of hydrogen-bond acceptors (Lipinski definition) is 3. The summed E-state index contributed by atoms with van der Waals surface area (Å²) in [5.74, 6) is -0.201. The van der Waals surface area contributed by atoms with Crippen molar-refractivity contribution < 1.29 is 42.5 Å². The van der Waals surface area contributed by atoms with E-state index >= 15 is 0 Å². The Morgan fingerprint density at radius 3 is 0.913 bits per heavy atom. The third kappa shape index (κ3) is 39.8. The normalized spacial score (nSPS) is 10.1. The van der Waals surface area contributed by atoms with Crippen LogP contribution < -0.4 is 29.6 Å². The molecule has 0 aliphatic rings. The molecule has 0 atom stereocenters. The fourth-order valence-electron chi connectivity index (χ4n) is 2.09. The van der Waals surface area contributed by atoms with E-state index in [2.05, 4.69) is 13.8 Å². The summed E-state index contributed by atoms with van der Waals surface area (Å²) in [7, 11) is -3.66. The van der Waals surface area contributed by atoms with Crippen LogP contribution in [0.2, 0.25) is 0 Å². The topological polar surface area (TPSA) is 54.4 Å².